The first-order valence-corrected chi connectivity index (χ1v) is 7.69. The highest BCUT2D eigenvalue weighted by atomic mass is 79.9. The molecule has 0 bridgehead atoms. The maximum absolute atomic E-state index is 3.55. The number of hydrogen-bond acceptors (Lipinski definition) is 0. The molecular formula is C14H14Br2. The number of aryl methyl sites for hydroxylation is 1. The van der Waals surface area contributed by atoms with E-state index < -0.39 is 0 Å². The van der Waals surface area contributed by atoms with E-state index in [1.54, 1.807) is 0 Å². The van der Waals surface area contributed by atoms with Crippen molar-refractivity contribution in [2.45, 2.75) is 24.0 Å². The topological polar surface area (TPSA) is 0 Å². The zero-order valence-electron chi connectivity index (χ0n) is 9.26. The van der Waals surface area contributed by atoms with Gasteiger partial charge in [-0.15, -0.1) is 0 Å². The lowest BCUT2D eigenvalue weighted by Crippen LogP contribution is -1.89. The van der Waals surface area contributed by atoms with Crippen molar-refractivity contribution >= 4 is 42.6 Å². The van der Waals surface area contributed by atoms with Crippen molar-refractivity contribution in [3.8, 4) is 0 Å². The summed E-state index contributed by atoms with van der Waals surface area (Å²) >= 11 is 7.09. The summed E-state index contributed by atoms with van der Waals surface area (Å²) in [6.45, 7) is 2.19. The van der Waals surface area contributed by atoms with Crippen molar-refractivity contribution in [1.29, 1.82) is 0 Å². The van der Waals surface area contributed by atoms with Gasteiger partial charge >= 0.3 is 0 Å². The van der Waals surface area contributed by atoms with E-state index >= 15 is 0 Å². The molecule has 0 aromatic heterocycles. The minimum Gasteiger partial charge on any atom is -0.0876 e. The predicted molar refractivity (Wildman–Crippen MR) is 78.6 cm³/mol. The quantitative estimate of drug-likeness (QED) is 0.674. The maximum Gasteiger partial charge on any atom is 0.0286 e. The first-order chi connectivity index (χ1) is 7.78. The summed E-state index contributed by atoms with van der Waals surface area (Å²) in [4.78, 5) is 0. The Balaban J connectivity index is 2.63. The second-order valence-electron chi connectivity index (χ2n) is 3.92. The summed E-state index contributed by atoms with van der Waals surface area (Å²) in [6.07, 6.45) is 1.10. The molecule has 0 aliphatic heterocycles. The molecule has 2 aromatic rings. The lowest BCUT2D eigenvalue weighted by Gasteiger charge is -2.08. The lowest BCUT2D eigenvalue weighted by atomic mass is 10.0. The van der Waals surface area contributed by atoms with E-state index in [-0.39, 0.29) is 0 Å². The van der Waals surface area contributed by atoms with Gasteiger partial charge < -0.3 is 0 Å². The van der Waals surface area contributed by atoms with Crippen molar-refractivity contribution in [2.24, 2.45) is 0 Å². The normalized spacial score (nSPS) is 10.9. The van der Waals surface area contributed by atoms with Gasteiger partial charge in [-0.25, -0.2) is 0 Å². The molecule has 16 heavy (non-hydrogen) atoms. The molecular weight excluding hydrogens is 328 g/mol. The van der Waals surface area contributed by atoms with Crippen LogP contribution in [0.3, 0.4) is 0 Å². The van der Waals surface area contributed by atoms with E-state index in [1.165, 1.54) is 27.5 Å². The number of benzene rings is 2. The fourth-order valence-corrected chi connectivity index (χ4v) is 2.95. The smallest absolute Gasteiger partial charge is 0.0286 e. The molecule has 0 nitrogen and oxygen atoms in total. The average molecular weight is 342 g/mol. The summed E-state index contributed by atoms with van der Waals surface area (Å²) in [7, 11) is 0. The molecule has 2 heteroatoms. The molecule has 0 spiro atoms. The largest absolute Gasteiger partial charge is 0.0876 e. The van der Waals surface area contributed by atoms with Crippen LogP contribution < -0.4 is 0 Å². The Kier molecular flexibility index (Phi) is 4.04. The van der Waals surface area contributed by atoms with Gasteiger partial charge in [-0.1, -0.05) is 63.0 Å². The van der Waals surface area contributed by atoms with Gasteiger partial charge in [0.25, 0.3) is 0 Å². The van der Waals surface area contributed by atoms with Crippen molar-refractivity contribution in [3.63, 3.8) is 0 Å². The van der Waals surface area contributed by atoms with Gasteiger partial charge in [0.2, 0.25) is 0 Å². The number of fused-ring (bicyclic) bond motifs is 1. The highest BCUT2D eigenvalue weighted by molar-refractivity contribution is 9.09. The molecule has 0 fully saturated rings. The van der Waals surface area contributed by atoms with Crippen LogP contribution in [0.5, 0.6) is 0 Å². The SMILES string of the molecule is CCc1ccc2cc(CBr)c(CBr)cc2c1. The van der Waals surface area contributed by atoms with Gasteiger partial charge in [0, 0.05) is 10.7 Å². The summed E-state index contributed by atoms with van der Waals surface area (Å²) in [6, 6.07) is 11.3. The van der Waals surface area contributed by atoms with Crippen LogP contribution in [0.2, 0.25) is 0 Å². The van der Waals surface area contributed by atoms with Crippen molar-refractivity contribution in [2.75, 3.05) is 0 Å². The Morgan fingerprint density at radius 1 is 0.875 bits per heavy atom. The molecule has 0 unspecified atom stereocenters. The third-order valence-electron chi connectivity index (χ3n) is 2.92. The van der Waals surface area contributed by atoms with Crippen molar-refractivity contribution in [3.05, 3.63) is 47.0 Å². The monoisotopic (exact) mass is 340 g/mol. The average Bonchev–Trinajstić information content (AvgIpc) is 2.36. The van der Waals surface area contributed by atoms with E-state index in [9.17, 15) is 0 Å². The first kappa shape index (κ1) is 12.1. The first-order valence-electron chi connectivity index (χ1n) is 5.45. The van der Waals surface area contributed by atoms with Crippen LogP contribution in [0.4, 0.5) is 0 Å². The molecule has 2 rings (SSSR count). The third kappa shape index (κ3) is 2.33. The van der Waals surface area contributed by atoms with Crippen LogP contribution in [-0.2, 0) is 17.1 Å². The van der Waals surface area contributed by atoms with E-state index in [1.807, 2.05) is 0 Å². The van der Waals surface area contributed by atoms with Gasteiger partial charge in [0.05, 0.1) is 0 Å². The molecule has 0 amide bonds. The Labute approximate surface area is 113 Å². The Hall–Kier alpha value is -0.340. The summed E-state index contributed by atoms with van der Waals surface area (Å²) in [5.41, 5.74) is 4.14. The predicted octanol–water partition coefficient (Wildman–Crippen LogP) is 5.19. The van der Waals surface area contributed by atoms with Crippen LogP contribution in [0.1, 0.15) is 23.6 Å². The zero-order valence-corrected chi connectivity index (χ0v) is 12.4. The van der Waals surface area contributed by atoms with Gasteiger partial charge in [-0.05, 0) is 39.9 Å². The minimum absolute atomic E-state index is 0.916. The minimum atomic E-state index is 0.916. The molecule has 0 saturated heterocycles. The summed E-state index contributed by atoms with van der Waals surface area (Å²) < 4.78 is 0. The molecule has 0 heterocycles. The van der Waals surface area contributed by atoms with Crippen LogP contribution in [0.25, 0.3) is 10.8 Å². The van der Waals surface area contributed by atoms with E-state index in [0.29, 0.717) is 0 Å². The van der Waals surface area contributed by atoms with Gasteiger partial charge in [-0.3, -0.25) is 0 Å². The Morgan fingerprint density at radius 3 is 2.06 bits per heavy atom. The molecule has 0 N–H and O–H groups in total. The van der Waals surface area contributed by atoms with Crippen LogP contribution in [0, 0.1) is 0 Å². The standard InChI is InChI=1S/C14H14Br2/c1-2-10-3-4-11-6-13(8-15)14(9-16)7-12(11)5-10/h3-7H,2,8-9H2,1H3. The summed E-state index contributed by atoms with van der Waals surface area (Å²) in [5, 5.41) is 4.51. The maximum atomic E-state index is 3.55. The van der Waals surface area contributed by atoms with Crippen LogP contribution in [0.15, 0.2) is 30.3 Å². The molecule has 0 saturated carbocycles. The second kappa shape index (κ2) is 5.33. The highest BCUT2D eigenvalue weighted by Gasteiger charge is 2.03. The molecule has 0 radical (unpaired) electrons. The molecule has 84 valence electrons. The van der Waals surface area contributed by atoms with E-state index in [0.717, 1.165) is 17.1 Å². The molecule has 0 atom stereocenters. The second-order valence-corrected chi connectivity index (χ2v) is 5.04. The Bertz CT molecular complexity index is 503. The molecule has 0 aliphatic rings. The number of hydrogen-bond donors (Lipinski definition) is 0. The van der Waals surface area contributed by atoms with Crippen LogP contribution >= 0.6 is 31.9 Å². The fourth-order valence-electron chi connectivity index (χ4n) is 1.91. The fraction of sp³-hybridized carbons (Fsp3) is 0.286. The van der Waals surface area contributed by atoms with Gasteiger partial charge in [-0.2, -0.15) is 0 Å². The summed E-state index contributed by atoms with van der Waals surface area (Å²) in [5.74, 6) is 0. The number of halogens is 2. The third-order valence-corrected chi connectivity index (χ3v) is 4.13. The lowest BCUT2D eigenvalue weighted by molar-refractivity contribution is 1.15. The molecule has 0 aliphatic carbocycles. The highest BCUT2D eigenvalue weighted by Crippen LogP contribution is 2.25. The van der Waals surface area contributed by atoms with Crippen molar-refractivity contribution < 1.29 is 0 Å². The van der Waals surface area contributed by atoms with Crippen LogP contribution in [-0.4, -0.2) is 0 Å². The van der Waals surface area contributed by atoms with Gasteiger partial charge in [0.15, 0.2) is 0 Å². The van der Waals surface area contributed by atoms with Crippen molar-refractivity contribution in [1.82, 2.24) is 0 Å². The van der Waals surface area contributed by atoms with E-state index in [2.05, 4.69) is 69.1 Å². The van der Waals surface area contributed by atoms with Gasteiger partial charge in [0.1, 0.15) is 0 Å². The van der Waals surface area contributed by atoms with E-state index in [4.69, 9.17) is 0 Å². The zero-order chi connectivity index (χ0) is 11.5. The molecule has 2 aromatic carbocycles. The number of rotatable bonds is 3. The Morgan fingerprint density at radius 2 is 1.50 bits per heavy atom. The number of alkyl halides is 2.